The summed E-state index contributed by atoms with van der Waals surface area (Å²) in [6, 6.07) is 8.36. The lowest BCUT2D eigenvalue weighted by Gasteiger charge is -2.23. The van der Waals surface area contributed by atoms with E-state index in [1.807, 2.05) is 0 Å². The van der Waals surface area contributed by atoms with Crippen molar-refractivity contribution in [2.45, 2.75) is 63.9 Å². The van der Waals surface area contributed by atoms with Gasteiger partial charge in [0.15, 0.2) is 5.69 Å². The zero-order chi connectivity index (χ0) is 37.6. The standard InChI is InChI=1S/C35H29ClF7N5O3/c1-17-10-25-30(35(41,42)43)47-48(31(25)34(17,39)40)16-28(49)46-27(13-18-11-20(37)15-21(38)12-18)29-23(6-5-22(45-29)8-9-33(2,3)51)19-4-7-26(36)24(14-19)32(44)50/h4-7,11-12,14-15,17,27,51H,10,13,16H2,1-3H3,(H2,44,50)(H,46,49)/t17-,27+/m1/s1. The number of nitrogens with zero attached hydrogens (tertiary/aromatic N) is 3. The summed E-state index contributed by atoms with van der Waals surface area (Å²) in [5, 5.41) is 16.1. The van der Waals surface area contributed by atoms with Crippen molar-refractivity contribution in [1.82, 2.24) is 20.1 Å². The van der Waals surface area contributed by atoms with Gasteiger partial charge in [0.1, 0.15) is 35.2 Å². The second kappa shape index (κ2) is 13.6. The van der Waals surface area contributed by atoms with E-state index in [9.17, 15) is 36.6 Å². The number of pyridine rings is 1. The minimum atomic E-state index is -5.08. The second-order valence-corrected chi connectivity index (χ2v) is 13.1. The zero-order valence-electron chi connectivity index (χ0n) is 27.1. The topological polar surface area (TPSA) is 123 Å². The normalized spacial score (nSPS) is 15.9. The predicted molar refractivity (Wildman–Crippen MR) is 171 cm³/mol. The van der Waals surface area contributed by atoms with E-state index >= 15 is 8.78 Å². The molecule has 5 rings (SSSR count). The van der Waals surface area contributed by atoms with E-state index in [0.29, 0.717) is 10.7 Å². The first-order valence-corrected chi connectivity index (χ1v) is 15.7. The molecule has 0 aliphatic heterocycles. The Morgan fingerprint density at radius 2 is 1.78 bits per heavy atom. The Hall–Kier alpha value is -4.94. The van der Waals surface area contributed by atoms with Crippen LogP contribution in [0.1, 0.15) is 71.1 Å². The zero-order valence-corrected chi connectivity index (χ0v) is 27.9. The van der Waals surface area contributed by atoms with Crippen LogP contribution in [0.25, 0.3) is 11.1 Å². The van der Waals surface area contributed by atoms with Crippen LogP contribution in [0, 0.1) is 29.4 Å². The van der Waals surface area contributed by atoms with Crippen LogP contribution in [0.3, 0.4) is 0 Å². The minimum absolute atomic E-state index is 0.00663. The maximum atomic E-state index is 15.2. The van der Waals surface area contributed by atoms with Crippen LogP contribution >= 0.6 is 11.6 Å². The van der Waals surface area contributed by atoms with Crippen molar-refractivity contribution in [2.75, 3.05) is 0 Å². The number of nitrogens with two attached hydrogens (primary N) is 1. The predicted octanol–water partition coefficient (Wildman–Crippen LogP) is 6.50. The maximum absolute atomic E-state index is 15.2. The number of halogens is 8. The average Bonchev–Trinajstić information content (AvgIpc) is 3.48. The van der Waals surface area contributed by atoms with Crippen LogP contribution < -0.4 is 11.1 Å². The van der Waals surface area contributed by atoms with Gasteiger partial charge in [-0.3, -0.25) is 14.3 Å². The summed E-state index contributed by atoms with van der Waals surface area (Å²) >= 11 is 6.15. The average molecular weight is 736 g/mol. The number of carbonyl (C=O) groups excluding carboxylic acids is 2. The van der Waals surface area contributed by atoms with Crippen LogP contribution in [-0.2, 0) is 36.3 Å². The van der Waals surface area contributed by atoms with Gasteiger partial charge in [0.2, 0.25) is 11.8 Å². The monoisotopic (exact) mass is 735 g/mol. The lowest BCUT2D eigenvalue weighted by molar-refractivity contribution is -0.142. The molecule has 8 nitrogen and oxygen atoms in total. The number of alkyl halides is 5. The summed E-state index contributed by atoms with van der Waals surface area (Å²) in [7, 11) is 0. The van der Waals surface area contributed by atoms with E-state index in [-0.39, 0.29) is 45.1 Å². The highest BCUT2D eigenvalue weighted by atomic mass is 35.5. The van der Waals surface area contributed by atoms with Crippen LogP contribution in [0.4, 0.5) is 30.7 Å². The Bertz CT molecular complexity index is 2080. The molecule has 1 aliphatic carbocycles. The number of hydrogen-bond donors (Lipinski definition) is 3. The van der Waals surface area contributed by atoms with Crippen LogP contribution in [-0.4, -0.2) is 37.3 Å². The molecule has 0 saturated heterocycles. The number of benzene rings is 2. The van der Waals surface area contributed by atoms with Crippen molar-refractivity contribution < 1.29 is 45.4 Å². The molecule has 0 radical (unpaired) electrons. The molecule has 16 heteroatoms. The van der Waals surface area contributed by atoms with Gasteiger partial charge in [-0.2, -0.15) is 27.1 Å². The van der Waals surface area contributed by atoms with Gasteiger partial charge in [-0.05, 0) is 80.1 Å². The van der Waals surface area contributed by atoms with Gasteiger partial charge >= 0.3 is 6.18 Å². The van der Waals surface area contributed by atoms with Crippen molar-refractivity contribution in [3.63, 3.8) is 0 Å². The molecule has 268 valence electrons. The first-order valence-electron chi connectivity index (χ1n) is 15.3. The Morgan fingerprint density at radius 1 is 1.12 bits per heavy atom. The maximum Gasteiger partial charge on any atom is 0.435 e. The molecule has 2 amide bonds. The first kappa shape index (κ1) is 37.3. The number of primary amides is 1. The molecule has 2 aromatic carbocycles. The third kappa shape index (κ3) is 8.18. The molecule has 1 aliphatic rings. The molecule has 4 aromatic rings. The van der Waals surface area contributed by atoms with Gasteiger partial charge in [0.25, 0.3) is 5.92 Å². The lowest BCUT2D eigenvalue weighted by atomic mass is 9.94. The highest BCUT2D eigenvalue weighted by molar-refractivity contribution is 6.33. The Labute approximate surface area is 291 Å². The molecule has 0 unspecified atom stereocenters. The molecule has 4 N–H and O–H groups in total. The van der Waals surface area contributed by atoms with Crippen molar-refractivity contribution in [3.8, 4) is 23.0 Å². The van der Waals surface area contributed by atoms with Crippen molar-refractivity contribution in [2.24, 2.45) is 11.7 Å². The molecule has 0 bridgehead atoms. The molecule has 2 atom stereocenters. The van der Waals surface area contributed by atoms with Gasteiger partial charge in [-0.1, -0.05) is 30.5 Å². The van der Waals surface area contributed by atoms with Gasteiger partial charge in [0, 0.05) is 23.1 Å². The van der Waals surface area contributed by atoms with Crippen LogP contribution in [0.5, 0.6) is 0 Å². The van der Waals surface area contributed by atoms with E-state index in [1.54, 1.807) is 0 Å². The summed E-state index contributed by atoms with van der Waals surface area (Å²) < 4.78 is 101. The Kier molecular flexibility index (Phi) is 9.99. The Morgan fingerprint density at radius 3 is 2.39 bits per heavy atom. The second-order valence-electron chi connectivity index (χ2n) is 12.7. The fourth-order valence-electron chi connectivity index (χ4n) is 5.79. The molecule has 51 heavy (non-hydrogen) atoms. The SMILES string of the molecule is C[C@@H]1Cc2c(C(F)(F)F)nn(CC(=O)N[C@@H](Cc3cc(F)cc(F)c3)c3nc(C#CC(C)(C)O)ccc3-c3ccc(Cl)c(C(N)=O)c3)c2C1(F)F. The first-order chi connectivity index (χ1) is 23.6. The molecule has 0 saturated carbocycles. The summed E-state index contributed by atoms with van der Waals surface area (Å²) in [5.41, 5.74) is 1.22. The van der Waals surface area contributed by atoms with E-state index in [1.165, 1.54) is 44.2 Å². The van der Waals surface area contributed by atoms with E-state index in [0.717, 1.165) is 19.1 Å². The fraction of sp³-hybridized carbons (Fsp3) is 0.314. The lowest BCUT2D eigenvalue weighted by Crippen LogP contribution is -2.35. The van der Waals surface area contributed by atoms with Crippen molar-refractivity contribution in [3.05, 3.63) is 105 Å². The summed E-state index contributed by atoms with van der Waals surface area (Å²) in [6.45, 7) is 2.82. The largest absolute Gasteiger partial charge is 0.435 e. The number of nitrogens with one attached hydrogen (secondary N) is 1. The van der Waals surface area contributed by atoms with Gasteiger partial charge in [-0.25, -0.2) is 13.8 Å². The third-order valence-electron chi connectivity index (χ3n) is 8.05. The Balaban J connectivity index is 1.65. The smallest absolute Gasteiger partial charge is 0.378 e. The highest BCUT2D eigenvalue weighted by Gasteiger charge is 2.54. The van der Waals surface area contributed by atoms with Gasteiger partial charge < -0.3 is 16.2 Å². The van der Waals surface area contributed by atoms with E-state index in [2.05, 4.69) is 27.2 Å². The van der Waals surface area contributed by atoms with Crippen molar-refractivity contribution >= 4 is 23.4 Å². The number of aliphatic hydroxyl groups is 1. The quantitative estimate of drug-likeness (QED) is 0.141. The number of rotatable bonds is 8. The third-order valence-corrected chi connectivity index (χ3v) is 8.38. The molecule has 0 spiro atoms. The molecule has 2 aromatic heterocycles. The van der Waals surface area contributed by atoms with Crippen LogP contribution in [0.2, 0.25) is 5.02 Å². The summed E-state index contributed by atoms with van der Waals surface area (Å²) in [5.74, 6) is -3.85. The number of amides is 2. The fourth-order valence-corrected chi connectivity index (χ4v) is 6.00. The number of hydrogen-bond acceptors (Lipinski definition) is 5. The number of fused-ring (bicyclic) bond motifs is 1. The van der Waals surface area contributed by atoms with Gasteiger partial charge in [-0.15, -0.1) is 0 Å². The summed E-state index contributed by atoms with van der Waals surface area (Å²) in [4.78, 5) is 30.3. The molecule has 0 fully saturated rings. The van der Waals surface area contributed by atoms with E-state index < -0.39 is 83.0 Å². The highest BCUT2D eigenvalue weighted by Crippen LogP contribution is 2.49. The van der Waals surface area contributed by atoms with Crippen molar-refractivity contribution in [1.29, 1.82) is 0 Å². The number of aromatic nitrogens is 3. The minimum Gasteiger partial charge on any atom is -0.378 e. The summed E-state index contributed by atoms with van der Waals surface area (Å²) in [6.07, 6.45) is -6.08. The molecular weight excluding hydrogens is 707 g/mol. The van der Waals surface area contributed by atoms with Crippen LogP contribution in [0.15, 0.2) is 48.5 Å². The molecule has 2 heterocycles. The van der Waals surface area contributed by atoms with E-state index in [4.69, 9.17) is 17.3 Å². The number of carbonyl (C=O) groups is 2. The molecular formula is C35H29ClF7N5O3. The van der Waals surface area contributed by atoms with Gasteiger partial charge in [0.05, 0.1) is 22.3 Å².